The fourth-order valence-corrected chi connectivity index (χ4v) is 3.38. The third-order valence-electron chi connectivity index (χ3n) is 4.80. The first-order valence-corrected chi connectivity index (χ1v) is 9.10. The second-order valence-corrected chi connectivity index (χ2v) is 6.94. The molecule has 0 radical (unpaired) electrons. The highest BCUT2D eigenvalue weighted by molar-refractivity contribution is 5.38. The maximum absolute atomic E-state index is 6.00. The fraction of sp³-hybridized carbons (Fsp3) is 0.476. The molecule has 3 nitrogen and oxygen atoms in total. The Morgan fingerprint density at radius 3 is 2.75 bits per heavy atom. The minimum atomic E-state index is 0.396. The molecular formula is C21H28N2O. The molecule has 0 saturated carbocycles. The monoisotopic (exact) mass is 324 g/mol. The Labute approximate surface area is 145 Å². The van der Waals surface area contributed by atoms with Crippen molar-refractivity contribution in [1.29, 1.82) is 0 Å². The number of hydrogen-bond acceptors (Lipinski definition) is 3. The van der Waals surface area contributed by atoms with Gasteiger partial charge < -0.3 is 10.1 Å². The Bertz CT molecular complexity index is 656. The van der Waals surface area contributed by atoms with Gasteiger partial charge >= 0.3 is 0 Å². The van der Waals surface area contributed by atoms with Gasteiger partial charge in [0.2, 0.25) is 0 Å². The molecule has 1 aliphatic rings. The van der Waals surface area contributed by atoms with E-state index in [4.69, 9.17) is 4.74 Å². The highest BCUT2D eigenvalue weighted by Gasteiger charge is 2.13. The molecule has 0 fully saturated rings. The summed E-state index contributed by atoms with van der Waals surface area (Å²) in [6.45, 7) is 6.01. The molecule has 3 heteroatoms. The lowest BCUT2D eigenvalue weighted by Crippen LogP contribution is -2.22. The van der Waals surface area contributed by atoms with Crippen LogP contribution in [0.2, 0.25) is 0 Å². The van der Waals surface area contributed by atoms with E-state index in [1.807, 2.05) is 6.20 Å². The van der Waals surface area contributed by atoms with Gasteiger partial charge in [0, 0.05) is 18.8 Å². The smallest absolute Gasteiger partial charge is 0.126 e. The van der Waals surface area contributed by atoms with Gasteiger partial charge in [0.1, 0.15) is 5.82 Å². The average Bonchev–Trinajstić information content (AvgIpc) is 2.59. The van der Waals surface area contributed by atoms with Crippen LogP contribution in [0.5, 0.6) is 0 Å². The van der Waals surface area contributed by atoms with Crippen molar-refractivity contribution in [3.05, 3.63) is 59.3 Å². The zero-order valence-electron chi connectivity index (χ0n) is 14.8. The first kappa shape index (κ1) is 17.0. The molecule has 2 aromatic rings. The number of fused-ring (bicyclic) bond motifs is 4. The van der Waals surface area contributed by atoms with Gasteiger partial charge in [0.25, 0.3) is 0 Å². The molecular weight excluding hydrogens is 296 g/mol. The van der Waals surface area contributed by atoms with Gasteiger partial charge in [-0.05, 0) is 60.9 Å². The van der Waals surface area contributed by atoms with E-state index in [0.717, 1.165) is 38.1 Å². The Kier molecular flexibility index (Phi) is 5.86. The van der Waals surface area contributed by atoms with Gasteiger partial charge in [0.15, 0.2) is 0 Å². The Morgan fingerprint density at radius 1 is 1.12 bits per heavy atom. The first-order valence-electron chi connectivity index (χ1n) is 9.10. The van der Waals surface area contributed by atoms with Gasteiger partial charge in [0.05, 0.1) is 6.61 Å². The maximum atomic E-state index is 6.00. The highest BCUT2D eigenvalue weighted by Crippen LogP contribution is 2.18. The molecule has 24 heavy (non-hydrogen) atoms. The van der Waals surface area contributed by atoms with Crippen LogP contribution in [-0.4, -0.2) is 17.6 Å². The van der Waals surface area contributed by atoms with Crippen LogP contribution in [-0.2, 0) is 24.2 Å². The third kappa shape index (κ3) is 4.81. The lowest BCUT2D eigenvalue weighted by molar-refractivity contribution is 0.0815. The molecule has 2 heterocycles. The topological polar surface area (TPSA) is 34.1 Å². The van der Waals surface area contributed by atoms with E-state index in [-0.39, 0.29) is 0 Å². The van der Waals surface area contributed by atoms with E-state index in [0.29, 0.717) is 18.6 Å². The molecule has 1 N–H and O–H groups in total. The number of nitrogens with one attached hydrogen (secondary N) is 1. The van der Waals surface area contributed by atoms with Crippen LogP contribution < -0.4 is 5.32 Å². The lowest BCUT2D eigenvalue weighted by atomic mass is 9.99. The van der Waals surface area contributed by atoms with Crippen LogP contribution in [0.15, 0.2) is 42.6 Å². The van der Waals surface area contributed by atoms with Crippen molar-refractivity contribution in [2.45, 2.75) is 52.2 Å². The van der Waals surface area contributed by atoms with Crippen molar-refractivity contribution >= 4 is 5.82 Å². The third-order valence-corrected chi connectivity index (χ3v) is 4.80. The van der Waals surface area contributed by atoms with Gasteiger partial charge in [-0.25, -0.2) is 4.98 Å². The summed E-state index contributed by atoms with van der Waals surface area (Å²) < 4.78 is 6.00. The second-order valence-electron chi connectivity index (χ2n) is 6.94. The number of aromatic nitrogens is 1. The SMILES string of the molecule is CCC1COCc2cccc(c2)CCc2ccnc(c2)NC(C)C1. The average molecular weight is 324 g/mol. The minimum absolute atomic E-state index is 0.396. The first-order chi connectivity index (χ1) is 11.7. The number of ether oxygens (including phenoxy) is 1. The summed E-state index contributed by atoms with van der Waals surface area (Å²) in [5.74, 6) is 1.56. The van der Waals surface area contributed by atoms with E-state index in [9.17, 15) is 0 Å². The van der Waals surface area contributed by atoms with E-state index in [1.54, 1.807) is 0 Å². The summed E-state index contributed by atoms with van der Waals surface area (Å²) in [7, 11) is 0. The quantitative estimate of drug-likeness (QED) is 0.831. The lowest BCUT2D eigenvalue weighted by Gasteiger charge is -2.21. The second kappa shape index (κ2) is 8.29. The fourth-order valence-electron chi connectivity index (χ4n) is 3.38. The molecule has 128 valence electrons. The molecule has 0 spiro atoms. The summed E-state index contributed by atoms with van der Waals surface area (Å²) in [6.07, 6.45) is 6.24. The standard InChI is InChI=1S/C21H28N2O/c1-3-17-11-16(2)23-21-13-19(9-10-22-21)8-7-18-5-4-6-20(12-18)15-24-14-17/h4-6,9-10,12-13,16-17H,3,7-8,11,14-15H2,1-2H3,(H,22,23). The van der Waals surface area contributed by atoms with E-state index >= 15 is 0 Å². The largest absolute Gasteiger partial charge is 0.376 e. The molecule has 3 rings (SSSR count). The molecule has 2 atom stereocenters. The maximum Gasteiger partial charge on any atom is 0.126 e. The van der Waals surface area contributed by atoms with Crippen molar-refractivity contribution in [1.82, 2.24) is 4.98 Å². The number of benzene rings is 1. The molecule has 0 amide bonds. The number of anilines is 1. The molecule has 4 bridgehead atoms. The van der Waals surface area contributed by atoms with Gasteiger partial charge in [-0.1, -0.05) is 37.6 Å². The summed E-state index contributed by atoms with van der Waals surface area (Å²) in [5.41, 5.74) is 3.99. The molecule has 1 aliphatic heterocycles. The molecule has 0 aliphatic carbocycles. The van der Waals surface area contributed by atoms with E-state index in [2.05, 4.69) is 60.5 Å². The summed E-state index contributed by atoms with van der Waals surface area (Å²) in [6, 6.07) is 13.5. The minimum Gasteiger partial charge on any atom is -0.376 e. The number of rotatable bonds is 1. The van der Waals surface area contributed by atoms with Crippen molar-refractivity contribution in [2.24, 2.45) is 5.92 Å². The van der Waals surface area contributed by atoms with E-state index < -0.39 is 0 Å². The predicted molar refractivity (Wildman–Crippen MR) is 99.2 cm³/mol. The molecule has 1 aromatic carbocycles. The normalized spacial score (nSPS) is 22.1. The highest BCUT2D eigenvalue weighted by atomic mass is 16.5. The van der Waals surface area contributed by atoms with Gasteiger partial charge in [-0.15, -0.1) is 0 Å². The van der Waals surface area contributed by atoms with Crippen molar-refractivity contribution in [3.8, 4) is 0 Å². The van der Waals surface area contributed by atoms with Crippen LogP contribution in [0.4, 0.5) is 5.82 Å². The zero-order chi connectivity index (χ0) is 16.8. The summed E-state index contributed by atoms with van der Waals surface area (Å²) >= 11 is 0. The molecule has 0 saturated heterocycles. The number of hydrogen-bond donors (Lipinski definition) is 1. The van der Waals surface area contributed by atoms with Crippen LogP contribution in [0.1, 0.15) is 43.4 Å². The van der Waals surface area contributed by atoms with Gasteiger partial charge in [-0.2, -0.15) is 0 Å². The zero-order valence-corrected chi connectivity index (χ0v) is 14.8. The van der Waals surface area contributed by atoms with Crippen molar-refractivity contribution < 1.29 is 4.74 Å². The van der Waals surface area contributed by atoms with Crippen LogP contribution >= 0.6 is 0 Å². The number of pyridine rings is 1. The van der Waals surface area contributed by atoms with Crippen molar-refractivity contribution in [2.75, 3.05) is 11.9 Å². The Hall–Kier alpha value is -1.87. The van der Waals surface area contributed by atoms with Gasteiger partial charge in [-0.3, -0.25) is 0 Å². The van der Waals surface area contributed by atoms with E-state index in [1.165, 1.54) is 16.7 Å². The van der Waals surface area contributed by atoms with Crippen LogP contribution in [0, 0.1) is 5.92 Å². The molecule has 2 unspecified atom stereocenters. The summed E-state index contributed by atoms with van der Waals surface area (Å²) in [5, 5.41) is 3.56. The Balaban J connectivity index is 1.82. The van der Waals surface area contributed by atoms with Crippen LogP contribution in [0.3, 0.4) is 0 Å². The number of aryl methyl sites for hydroxylation is 2. The summed E-state index contributed by atoms with van der Waals surface area (Å²) in [4.78, 5) is 4.48. The molecule has 1 aromatic heterocycles. The van der Waals surface area contributed by atoms with Crippen molar-refractivity contribution in [3.63, 3.8) is 0 Å². The predicted octanol–water partition coefficient (Wildman–Crippen LogP) is 4.61. The van der Waals surface area contributed by atoms with Crippen LogP contribution in [0.25, 0.3) is 0 Å². The number of nitrogens with zero attached hydrogens (tertiary/aromatic N) is 1. The Morgan fingerprint density at radius 2 is 1.92 bits per heavy atom.